The average Bonchev–Trinajstić information content (AvgIpc) is 2.85. The number of likely N-dealkylation sites (N-methyl/N-ethyl adjacent to an activating group) is 1. The van der Waals surface area contributed by atoms with Gasteiger partial charge in [0, 0.05) is 35.5 Å². The first-order chi connectivity index (χ1) is 14.1. The molecule has 0 radical (unpaired) electrons. The lowest BCUT2D eigenvalue weighted by Gasteiger charge is -2.29. The first kappa shape index (κ1) is 18.8. The SMILES string of the molecule is C=C1/C=C\C=C/Cc2cc(N3C(=C)/C=C\C=C/Cc4ccccc43)ccc2N1C. The van der Waals surface area contributed by atoms with E-state index in [1.165, 1.54) is 22.5 Å². The molecule has 2 heterocycles. The Bertz CT molecular complexity index is 1070. The van der Waals surface area contributed by atoms with Crippen molar-refractivity contribution >= 4 is 17.1 Å². The molecule has 0 unspecified atom stereocenters. The standard InChI is InChI=1S/C27H26N2/c1-21-12-6-4-9-16-24-20-25(18-19-26(24)28(21)3)29-22(2)13-7-5-8-14-23-15-10-11-17-27(23)29/h4-13,15,17-20H,1-2,14,16H2,3H3/b8-5-,9-4-,12-6-,13-7-. The summed E-state index contributed by atoms with van der Waals surface area (Å²) >= 11 is 0. The normalized spacial score (nSPS) is 20.7. The van der Waals surface area contributed by atoms with E-state index >= 15 is 0 Å². The van der Waals surface area contributed by atoms with Crippen LogP contribution < -0.4 is 9.80 Å². The van der Waals surface area contributed by atoms with Crippen molar-refractivity contribution in [2.45, 2.75) is 12.8 Å². The van der Waals surface area contributed by atoms with Gasteiger partial charge >= 0.3 is 0 Å². The van der Waals surface area contributed by atoms with Gasteiger partial charge < -0.3 is 9.80 Å². The number of hydrogen-bond acceptors (Lipinski definition) is 2. The molecule has 0 aromatic heterocycles. The van der Waals surface area contributed by atoms with Crippen molar-refractivity contribution in [3.05, 3.63) is 127 Å². The molecule has 0 saturated heterocycles. The summed E-state index contributed by atoms with van der Waals surface area (Å²) in [6.07, 6.45) is 18.5. The predicted octanol–water partition coefficient (Wildman–Crippen LogP) is 6.63. The molecule has 0 atom stereocenters. The minimum Gasteiger partial charge on any atom is -0.345 e. The molecule has 0 saturated carbocycles. The topological polar surface area (TPSA) is 6.48 Å². The quantitative estimate of drug-likeness (QED) is 0.550. The summed E-state index contributed by atoms with van der Waals surface area (Å²) in [6.45, 7) is 8.55. The number of anilines is 3. The third-order valence-electron chi connectivity index (χ3n) is 5.38. The Morgan fingerprint density at radius 3 is 2.21 bits per heavy atom. The zero-order valence-corrected chi connectivity index (χ0v) is 16.9. The molecule has 2 aliphatic heterocycles. The van der Waals surface area contributed by atoms with Crippen LogP contribution in [0.3, 0.4) is 0 Å². The van der Waals surface area contributed by atoms with E-state index < -0.39 is 0 Å². The van der Waals surface area contributed by atoms with E-state index in [0.29, 0.717) is 0 Å². The highest BCUT2D eigenvalue weighted by atomic mass is 15.2. The fourth-order valence-corrected chi connectivity index (χ4v) is 3.78. The van der Waals surface area contributed by atoms with Gasteiger partial charge in [-0.1, -0.05) is 67.8 Å². The largest absolute Gasteiger partial charge is 0.345 e. The van der Waals surface area contributed by atoms with Crippen molar-refractivity contribution in [3.63, 3.8) is 0 Å². The van der Waals surface area contributed by atoms with Crippen molar-refractivity contribution in [1.82, 2.24) is 0 Å². The summed E-state index contributed by atoms with van der Waals surface area (Å²) in [6, 6.07) is 15.2. The summed E-state index contributed by atoms with van der Waals surface area (Å²) in [5, 5.41) is 0. The maximum atomic E-state index is 4.36. The van der Waals surface area contributed by atoms with Crippen LogP contribution in [-0.4, -0.2) is 7.05 Å². The van der Waals surface area contributed by atoms with Crippen LogP contribution >= 0.6 is 0 Å². The zero-order chi connectivity index (χ0) is 20.2. The molecule has 0 aliphatic carbocycles. The van der Waals surface area contributed by atoms with E-state index in [2.05, 4.69) is 109 Å². The minimum atomic E-state index is 0.866. The first-order valence-corrected chi connectivity index (χ1v) is 9.94. The molecule has 0 bridgehead atoms. The Labute approximate surface area is 173 Å². The van der Waals surface area contributed by atoms with Gasteiger partial charge in [0.1, 0.15) is 0 Å². The van der Waals surface area contributed by atoms with Gasteiger partial charge in [-0.15, -0.1) is 0 Å². The maximum Gasteiger partial charge on any atom is 0.0496 e. The van der Waals surface area contributed by atoms with Gasteiger partial charge in [-0.3, -0.25) is 0 Å². The molecule has 0 N–H and O–H groups in total. The van der Waals surface area contributed by atoms with Gasteiger partial charge in [0.2, 0.25) is 0 Å². The monoisotopic (exact) mass is 378 g/mol. The molecule has 2 aromatic carbocycles. The van der Waals surface area contributed by atoms with E-state index in [4.69, 9.17) is 0 Å². The number of allylic oxidation sites excluding steroid dienone is 8. The predicted molar refractivity (Wildman–Crippen MR) is 126 cm³/mol. The molecule has 144 valence electrons. The molecule has 0 spiro atoms. The zero-order valence-electron chi connectivity index (χ0n) is 16.9. The van der Waals surface area contributed by atoms with Crippen molar-refractivity contribution < 1.29 is 0 Å². The number of fused-ring (bicyclic) bond motifs is 2. The summed E-state index contributed by atoms with van der Waals surface area (Å²) < 4.78 is 0. The molecule has 29 heavy (non-hydrogen) atoms. The summed E-state index contributed by atoms with van der Waals surface area (Å²) in [4.78, 5) is 4.40. The summed E-state index contributed by atoms with van der Waals surface area (Å²) in [7, 11) is 2.07. The molecule has 0 fully saturated rings. The Morgan fingerprint density at radius 2 is 1.41 bits per heavy atom. The second-order valence-electron chi connectivity index (χ2n) is 7.30. The number of benzene rings is 2. The maximum absolute atomic E-state index is 4.36. The van der Waals surface area contributed by atoms with Gasteiger partial charge in [-0.05, 0) is 60.4 Å². The highest BCUT2D eigenvalue weighted by Crippen LogP contribution is 2.37. The van der Waals surface area contributed by atoms with Gasteiger partial charge in [-0.25, -0.2) is 0 Å². The molecule has 0 amide bonds. The van der Waals surface area contributed by atoms with Gasteiger partial charge in [-0.2, -0.15) is 0 Å². The Kier molecular flexibility index (Phi) is 5.35. The average molecular weight is 379 g/mol. The van der Waals surface area contributed by atoms with E-state index in [0.717, 1.165) is 29.9 Å². The molecular formula is C27H26N2. The first-order valence-electron chi connectivity index (χ1n) is 9.94. The minimum absolute atomic E-state index is 0.866. The van der Waals surface area contributed by atoms with Gasteiger partial charge in [0.05, 0.1) is 0 Å². The third kappa shape index (κ3) is 3.88. The highest BCUT2D eigenvalue weighted by Gasteiger charge is 2.18. The lowest BCUT2D eigenvalue weighted by Crippen LogP contribution is -2.18. The smallest absolute Gasteiger partial charge is 0.0496 e. The van der Waals surface area contributed by atoms with Crippen LogP contribution in [0, 0.1) is 0 Å². The van der Waals surface area contributed by atoms with Crippen LogP contribution in [0.1, 0.15) is 11.1 Å². The summed E-state index contributed by atoms with van der Waals surface area (Å²) in [5.74, 6) is 0. The van der Waals surface area contributed by atoms with Gasteiger partial charge in [0.25, 0.3) is 0 Å². The van der Waals surface area contributed by atoms with E-state index in [9.17, 15) is 0 Å². The lowest BCUT2D eigenvalue weighted by molar-refractivity contribution is 1.10. The Balaban J connectivity index is 1.84. The van der Waals surface area contributed by atoms with Crippen LogP contribution in [-0.2, 0) is 12.8 Å². The number of para-hydroxylation sites is 1. The van der Waals surface area contributed by atoms with E-state index in [1.54, 1.807) is 0 Å². The van der Waals surface area contributed by atoms with Crippen molar-refractivity contribution in [2.24, 2.45) is 0 Å². The van der Waals surface area contributed by atoms with Crippen LogP contribution in [0.4, 0.5) is 17.1 Å². The molecule has 2 heteroatoms. The van der Waals surface area contributed by atoms with E-state index in [1.807, 2.05) is 12.2 Å². The molecule has 2 nitrogen and oxygen atoms in total. The second kappa shape index (κ2) is 8.24. The fourth-order valence-electron chi connectivity index (χ4n) is 3.78. The Morgan fingerprint density at radius 1 is 0.724 bits per heavy atom. The number of nitrogens with zero attached hydrogens (tertiary/aromatic N) is 2. The number of rotatable bonds is 1. The second-order valence-corrected chi connectivity index (χ2v) is 7.30. The van der Waals surface area contributed by atoms with Crippen LogP contribution in [0.25, 0.3) is 0 Å². The molecule has 4 rings (SSSR count). The van der Waals surface area contributed by atoms with Crippen LogP contribution in [0.15, 0.2) is 116 Å². The van der Waals surface area contributed by atoms with Crippen LogP contribution in [0.2, 0.25) is 0 Å². The molecule has 2 aliphatic rings. The number of hydrogen-bond donors (Lipinski definition) is 0. The van der Waals surface area contributed by atoms with E-state index in [-0.39, 0.29) is 0 Å². The van der Waals surface area contributed by atoms with Crippen molar-refractivity contribution in [3.8, 4) is 0 Å². The molecular weight excluding hydrogens is 352 g/mol. The van der Waals surface area contributed by atoms with Crippen molar-refractivity contribution in [2.75, 3.05) is 16.8 Å². The lowest BCUT2D eigenvalue weighted by atomic mass is 10.0. The fraction of sp³-hybridized carbons (Fsp3) is 0.111. The van der Waals surface area contributed by atoms with Crippen molar-refractivity contribution in [1.29, 1.82) is 0 Å². The third-order valence-corrected chi connectivity index (χ3v) is 5.38. The Hall–Kier alpha value is -3.52. The highest BCUT2D eigenvalue weighted by molar-refractivity contribution is 5.76. The molecule has 2 aromatic rings. The summed E-state index contributed by atoms with van der Waals surface area (Å²) in [5.41, 5.74) is 7.93. The van der Waals surface area contributed by atoms with Crippen LogP contribution in [0.5, 0.6) is 0 Å². The van der Waals surface area contributed by atoms with Gasteiger partial charge in [0.15, 0.2) is 0 Å².